The second kappa shape index (κ2) is 4.69. The van der Waals surface area contributed by atoms with Gasteiger partial charge in [0.1, 0.15) is 22.5 Å². The molecular formula is C12H8N2OS. The van der Waals surface area contributed by atoms with E-state index in [1.807, 2.05) is 12.1 Å². The van der Waals surface area contributed by atoms with Gasteiger partial charge in [0.25, 0.3) is 0 Å². The summed E-state index contributed by atoms with van der Waals surface area (Å²) in [4.78, 5) is 4.85. The van der Waals surface area contributed by atoms with E-state index in [0.29, 0.717) is 10.7 Å². The average Bonchev–Trinajstić information content (AvgIpc) is 2.32. The fourth-order valence-electron chi connectivity index (χ4n) is 1.19. The van der Waals surface area contributed by atoms with Crippen LogP contribution in [0.5, 0.6) is 5.75 Å². The Kier molecular flexibility index (Phi) is 3.08. The van der Waals surface area contributed by atoms with Crippen LogP contribution in [0.25, 0.3) is 0 Å². The molecule has 2 aromatic rings. The van der Waals surface area contributed by atoms with Crippen LogP contribution in [-0.2, 0) is 0 Å². The number of para-hydroxylation sites is 1. The largest absolute Gasteiger partial charge is 0.507 e. The quantitative estimate of drug-likeness (QED) is 0.858. The van der Waals surface area contributed by atoms with Crippen molar-refractivity contribution in [2.75, 3.05) is 0 Å². The molecule has 78 valence electrons. The summed E-state index contributed by atoms with van der Waals surface area (Å²) < 4.78 is 0. The van der Waals surface area contributed by atoms with Crippen LogP contribution >= 0.6 is 11.8 Å². The highest BCUT2D eigenvalue weighted by Crippen LogP contribution is 2.32. The van der Waals surface area contributed by atoms with Gasteiger partial charge in [-0.1, -0.05) is 30.0 Å². The predicted octanol–water partition coefficient (Wildman–Crippen LogP) is 2.81. The minimum atomic E-state index is 0.219. The fraction of sp³-hybridized carbons (Fsp3) is 0. The van der Waals surface area contributed by atoms with Gasteiger partial charge in [0, 0.05) is 0 Å². The van der Waals surface area contributed by atoms with Crippen molar-refractivity contribution in [2.45, 2.75) is 9.92 Å². The lowest BCUT2D eigenvalue weighted by Crippen LogP contribution is -1.84. The Morgan fingerprint density at radius 3 is 2.69 bits per heavy atom. The number of rotatable bonds is 2. The topological polar surface area (TPSA) is 56.9 Å². The number of hydrogen-bond donors (Lipinski definition) is 1. The molecule has 0 aliphatic heterocycles. The van der Waals surface area contributed by atoms with Crippen LogP contribution in [-0.4, -0.2) is 10.1 Å². The molecular weight excluding hydrogens is 220 g/mol. The van der Waals surface area contributed by atoms with Crippen molar-refractivity contribution >= 4 is 11.8 Å². The molecule has 1 aromatic heterocycles. The molecule has 0 unspecified atom stereocenters. The van der Waals surface area contributed by atoms with Gasteiger partial charge >= 0.3 is 0 Å². The standard InChI is InChI=1S/C12H8N2OS/c13-8-9-4-3-7-12(14-9)16-11-6-2-1-5-10(11)15/h1-7,15H. The summed E-state index contributed by atoms with van der Waals surface area (Å²) in [7, 11) is 0. The van der Waals surface area contributed by atoms with Gasteiger partial charge < -0.3 is 5.11 Å². The van der Waals surface area contributed by atoms with Crippen LogP contribution < -0.4 is 0 Å². The van der Waals surface area contributed by atoms with Crippen molar-refractivity contribution in [1.29, 1.82) is 5.26 Å². The van der Waals surface area contributed by atoms with E-state index in [1.165, 1.54) is 11.8 Å². The van der Waals surface area contributed by atoms with Crippen LogP contribution in [0.3, 0.4) is 0 Å². The van der Waals surface area contributed by atoms with Crippen LogP contribution in [0.15, 0.2) is 52.4 Å². The summed E-state index contributed by atoms with van der Waals surface area (Å²) in [6.07, 6.45) is 0. The van der Waals surface area contributed by atoms with Gasteiger partial charge in [0.05, 0.1) is 4.90 Å². The van der Waals surface area contributed by atoms with E-state index >= 15 is 0 Å². The number of aromatic nitrogens is 1. The lowest BCUT2D eigenvalue weighted by Gasteiger charge is -2.02. The third-order valence-electron chi connectivity index (χ3n) is 1.92. The van der Waals surface area contributed by atoms with E-state index in [9.17, 15) is 5.11 Å². The molecule has 0 saturated heterocycles. The molecule has 0 spiro atoms. The molecule has 1 aromatic carbocycles. The molecule has 0 aliphatic carbocycles. The summed E-state index contributed by atoms with van der Waals surface area (Å²) >= 11 is 1.33. The van der Waals surface area contributed by atoms with Crippen molar-refractivity contribution in [3.05, 3.63) is 48.2 Å². The first kappa shape index (κ1) is 10.5. The number of nitrogens with zero attached hydrogens (tertiary/aromatic N) is 2. The Bertz CT molecular complexity index is 549. The van der Waals surface area contributed by atoms with E-state index in [-0.39, 0.29) is 5.75 Å². The summed E-state index contributed by atoms with van der Waals surface area (Å²) in [5.41, 5.74) is 0.375. The lowest BCUT2D eigenvalue weighted by atomic mass is 10.3. The Labute approximate surface area is 97.4 Å². The molecule has 0 saturated carbocycles. The molecule has 1 heterocycles. The van der Waals surface area contributed by atoms with E-state index in [4.69, 9.17) is 5.26 Å². The fourth-order valence-corrected chi connectivity index (χ4v) is 2.03. The van der Waals surface area contributed by atoms with Crippen LogP contribution in [0.4, 0.5) is 0 Å². The zero-order valence-electron chi connectivity index (χ0n) is 8.29. The smallest absolute Gasteiger partial charge is 0.141 e. The predicted molar refractivity (Wildman–Crippen MR) is 61.2 cm³/mol. The van der Waals surface area contributed by atoms with Crippen LogP contribution in [0.2, 0.25) is 0 Å². The average molecular weight is 228 g/mol. The third-order valence-corrected chi connectivity index (χ3v) is 2.92. The number of phenols is 1. The number of hydrogen-bond acceptors (Lipinski definition) is 4. The summed E-state index contributed by atoms with van der Waals surface area (Å²) in [6, 6.07) is 14.2. The number of phenolic OH excluding ortho intramolecular Hbond substituents is 1. The van der Waals surface area contributed by atoms with E-state index < -0.39 is 0 Å². The molecule has 0 aliphatic rings. The first-order chi connectivity index (χ1) is 7.79. The minimum Gasteiger partial charge on any atom is -0.507 e. The molecule has 0 radical (unpaired) electrons. The van der Waals surface area contributed by atoms with E-state index in [2.05, 4.69) is 4.98 Å². The maximum atomic E-state index is 9.58. The molecule has 2 rings (SSSR count). The number of nitriles is 1. The highest BCUT2D eigenvalue weighted by atomic mass is 32.2. The number of benzene rings is 1. The van der Waals surface area contributed by atoms with Crippen molar-refractivity contribution in [2.24, 2.45) is 0 Å². The Morgan fingerprint density at radius 1 is 1.12 bits per heavy atom. The van der Waals surface area contributed by atoms with Crippen molar-refractivity contribution < 1.29 is 5.11 Å². The van der Waals surface area contributed by atoms with Gasteiger partial charge in [0.15, 0.2) is 0 Å². The third kappa shape index (κ3) is 2.33. The molecule has 0 bridgehead atoms. The number of aromatic hydroxyl groups is 1. The zero-order valence-corrected chi connectivity index (χ0v) is 9.11. The molecule has 0 fully saturated rings. The molecule has 0 atom stereocenters. The van der Waals surface area contributed by atoms with Crippen LogP contribution in [0.1, 0.15) is 5.69 Å². The summed E-state index contributed by atoms with van der Waals surface area (Å²) in [5.74, 6) is 0.219. The maximum absolute atomic E-state index is 9.58. The Balaban J connectivity index is 2.28. The first-order valence-corrected chi connectivity index (χ1v) is 5.44. The highest BCUT2D eigenvalue weighted by Gasteiger charge is 2.03. The molecule has 4 heteroatoms. The first-order valence-electron chi connectivity index (χ1n) is 4.62. The van der Waals surface area contributed by atoms with Gasteiger partial charge in [-0.2, -0.15) is 5.26 Å². The summed E-state index contributed by atoms with van der Waals surface area (Å²) in [6.45, 7) is 0. The van der Waals surface area contributed by atoms with Crippen molar-refractivity contribution in [1.82, 2.24) is 4.98 Å². The van der Waals surface area contributed by atoms with Gasteiger partial charge in [-0.05, 0) is 24.3 Å². The second-order valence-electron chi connectivity index (χ2n) is 3.04. The highest BCUT2D eigenvalue weighted by molar-refractivity contribution is 7.99. The minimum absolute atomic E-state index is 0.219. The van der Waals surface area contributed by atoms with Gasteiger partial charge in [0.2, 0.25) is 0 Å². The van der Waals surface area contributed by atoms with Gasteiger partial charge in [-0.25, -0.2) is 4.98 Å². The Morgan fingerprint density at radius 2 is 1.94 bits per heavy atom. The van der Waals surface area contributed by atoms with Crippen LogP contribution in [0, 0.1) is 11.3 Å². The molecule has 16 heavy (non-hydrogen) atoms. The van der Waals surface area contributed by atoms with E-state index in [0.717, 1.165) is 4.90 Å². The van der Waals surface area contributed by atoms with Crippen molar-refractivity contribution in [3.8, 4) is 11.8 Å². The van der Waals surface area contributed by atoms with Crippen molar-refractivity contribution in [3.63, 3.8) is 0 Å². The Hall–Kier alpha value is -1.99. The monoisotopic (exact) mass is 228 g/mol. The SMILES string of the molecule is N#Cc1cccc(Sc2ccccc2O)n1. The maximum Gasteiger partial charge on any atom is 0.141 e. The normalized spacial score (nSPS) is 9.69. The second-order valence-corrected chi connectivity index (χ2v) is 4.10. The molecule has 3 nitrogen and oxygen atoms in total. The van der Waals surface area contributed by atoms with Gasteiger partial charge in [-0.15, -0.1) is 0 Å². The zero-order chi connectivity index (χ0) is 11.4. The van der Waals surface area contributed by atoms with E-state index in [1.54, 1.807) is 36.4 Å². The number of pyridine rings is 1. The lowest BCUT2D eigenvalue weighted by molar-refractivity contribution is 0.462. The van der Waals surface area contributed by atoms with Gasteiger partial charge in [-0.3, -0.25) is 0 Å². The molecule has 1 N–H and O–H groups in total. The summed E-state index contributed by atoms with van der Waals surface area (Å²) in [5, 5.41) is 19.0. The molecule has 0 amide bonds.